The standard InChI is InChI=1S/C12H21N3O3/c13-10(12(16)17)7-3-1-5-9-6-2-4-8-11(14-9)15-18/h1,3,9-10,18H,2,4-8,13H2,(H,14,15)(H,16,17). The molecule has 1 heterocycles. The minimum absolute atomic E-state index is 0.152. The lowest BCUT2D eigenvalue weighted by molar-refractivity contribution is -0.138. The van der Waals surface area contributed by atoms with E-state index in [4.69, 9.17) is 16.0 Å². The summed E-state index contributed by atoms with van der Waals surface area (Å²) in [5.74, 6) is -0.355. The zero-order chi connectivity index (χ0) is 13.4. The van der Waals surface area contributed by atoms with Crippen LogP contribution in [-0.2, 0) is 4.79 Å². The number of aliphatic imine (C=N–C) groups is 1. The smallest absolute Gasteiger partial charge is 0.320 e. The highest BCUT2D eigenvalue weighted by Gasteiger charge is 2.12. The average molecular weight is 255 g/mol. The van der Waals surface area contributed by atoms with E-state index in [1.165, 1.54) is 0 Å². The van der Waals surface area contributed by atoms with Crippen LogP contribution in [0.15, 0.2) is 17.1 Å². The van der Waals surface area contributed by atoms with Gasteiger partial charge in [-0.1, -0.05) is 18.6 Å². The monoisotopic (exact) mass is 255 g/mol. The van der Waals surface area contributed by atoms with Crippen LogP contribution in [-0.4, -0.2) is 34.2 Å². The van der Waals surface area contributed by atoms with Gasteiger partial charge < -0.3 is 10.8 Å². The van der Waals surface area contributed by atoms with Crippen LogP contribution in [0.3, 0.4) is 0 Å². The van der Waals surface area contributed by atoms with Crippen LogP contribution in [0.2, 0.25) is 0 Å². The second-order valence-electron chi connectivity index (χ2n) is 4.47. The number of hydrogen-bond donors (Lipinski definition) is 4. The normalized spacial score (nSPS) is 22.3. The fraction of sp³-hybridized carbons (Fsp3) is 0.667. The zero-order valence-corrected chi connectivity index (χ0v) is 10.4. The summed E-state index contributed by atoms with van der Waals surface area (Å²) < 4.78 is 0. The number of carboxylic acids is 1. The fourth-order valence-electron chi connectivity index (χ4n) is 1.87. The summed E-state index contributed by atoms with van der Waals surface area (Å²) in [4.78, 5) is 14.9. The maximum absolute atomic E-state index is 10.5. The van der Waals surface area contributed by atoms with E-state index in [1.807, 2.05) is 6.08 Å². The molecule has 0 saturated carbocycles. The van der Waals surface area contributed by atoms with Crippen molar-refractivity contribution >= 4 is 11.8 Å². The molecule has 0 amide bonds. The van der Waals surface area contributed by atoms with Gasteiger partial charge in [0.15, 0.2) is 0 Å². The van der Waals surface area contributed by atoms with Gasteiger partial charge >= 0.3 is 5.97 Å². The van der Waals surface area contributed by atoms with Crippen molar-refractivity contribution in [2.45, 2.75) is 50.6 Å². The summed E-state index contributed by atoms with van der Waals surface area (Å²) in [6.45, 7) is 0. The number of amidine groups is 1. The molecule has 0 radical (unpaired) electrons. The quantitative estimate of drug-likeness (QED) is 0.434. The highest BCUT2D eigenvalue weighted by atomic mass is 16.5. The van der Waals surface area contributed by atoms with E-state index in [0.717, 1.165) is 32.1 Å². The van der Waals surface area contributed by atoms with Crippen LogP contribution >= 0.6 is 0 Å². The van der Waals surface area contributed by atoms with Crippen LogP contribution in [0.4, 0.5) is 0 Å². The second kappa shape index (κ2) is 7.84. The SMILES string of the molecule is NC(CC=CCC1CCCCC(NO)=N1)C(=O)O. The molecule has 0 fully saturated rings. The summed E-state index contributed by atoms with van der Waals surface area (Å²) in [5.41, 5.74) is 7.51. The molecule has 0 aromatic carbocycles. The molecule has 0 aromatic rings. The lowest BCUT2D eigenvalue weighted by Crippen LogP contribution is -2.29. The van der Waals surface area contributed by atoms with E-state index < -0.39 is 12.0 Å². The third-order valence-corrected chi connectivity index (χ3v) is 2.95. The van der Waals surface area contributed by atoms with Crippen molar-refractivity contribution in [3.05, 3.63) is 12.2 Å². The molecule has 102 valence electrons. The van der Waals surface area contributed by atoms with Crippen molar-refractivity contribution in [1.82, 2.24) is 5.48 Å². The lowest BCUT2D eigenvalue weighted by atomic mass is 10.1. The van der Waals surface area contributed by atoms with E-state index in [1.54, 1.807) is 6.08 Å². The number of nitrogens with zero attached hydrogens (tertiary/aromatic N) is 1. The lowest BCUT2D eigenvalue weighted by Gasteiger charge is -2.08. The number of hydrogen-bond acceptors (Lipinski definition) is 5. The molecule has 1 aliphatic heterocycles. The average Bonchev–Trinajstić information content (AvgIpc) is 2.59. The molecule has 0 spiro atoms. The highest BCUT2D eigenvalue weighted by molar-refractivity contribution is 5.81. The Hall–Kier alpha value is -1.40. The maximum Gasteiger partial charge on any atom is 0.320 e. The Morgan fingerprint density at radius 1 is 1.56 bits per heavy atom. The Bertz CT molecular complexity index is 329. The van der Waals surface area contributed by atoms with E-state index in [-0.39, 0.29) is 6.04 Å². The Labute approximate surface area is 107 Å². The summed E-state index contributed by atoms with van der Waals surface area (Å²) in [6, 6.07) is -0.687. The van der Waals surface area contributed by atoms with Crippen molar-refractivity contribution in [3.8, 4) is 0 Å². The van der Waals surface area contributed by atoms with Gasteiger partial charge in [0.1, 0.15) is 11.9 Å². The van der Waals surface area contributed by atoms with Gasteiger partial charge in [0, 0.05) is 6.42 Å². The van der Waals surface area contributed by atoms with E-state index >= 15 is 0 Å². The molecule has 0 bridgehead atoms. The third-order valence-electron chi connectivity index (χ3n) is 2.95. The van der Waals surface area contributed by atoms with Gasteiger partial charge in [-0.15, -0.1) is 0 Å². The molecule has 0 saturated heterocycles. The van der Waals surface area contributed by atoms with Crippen molar-refractivity contribution in [2.24, 2.45) is 10.7 Å². The largest absolute Gasteiger partial charge is 0.480 e. The molecule has 18 heavy (non-hydrogen) atoms. The Morgan fingerprint density at radius 2 is 2.33 bits per heavy atom. The first-order valence-electron chi connectivity index (χ1n) is 6.23. The van der Waals surface area contributed by atoms with Crippen molar-refractivity contribution in [3.63, 3.8) is 0 Å². The number of nitrogens with one attached hydrogen (secondary N) is 1. The third kappa shape index (κ3) is 5.29. The van der Waals surface area contributed by atoms with Crippen LogP contribution in [0.1, 0.15) is 38.5 Å². The Kier molecular flexibility index (Phi) is 6.38. The number of rotatable bonds is 5. The molecule has 0 aromatic heterocycles. The predicted molar refractivity (Wildman–Crippen MR) is 68.6 cm³/mol. The molecule has 1 rings (SSSR count). The Morgan fingerprint density at radius 3 is 3.00 bits per heavy atom. The topological polar surface area (TPSA) is 108 Å². The highest BCUT2D eigenvalue weighted by Crippen LogP contribution is 2.16. The van der Waals surface area contributed by atoms with Crippen molar-refractivity contribution < 1.29 is 15.1 Å². The minimum Gasteiger partial charge on any atom is -0.480 e. The number of carboxylic acid groups (broad SMARTS) is 1. The van der Waals surface area contributed by atoms with Gasteiger partial charge in [0.2, 0.25) is 0 Å². The summed E-state index contributed by atoms with van der Waals surface area (Å²) >= 11 is 0. The van der Waals surface area contributed by atoms with E-state index in [2.05, 4.69) is 10.5 Å². The van der Waals surface area contributed by atoms with Crippen LogP contribution in [0.25, 0.3) is 0 Å². The number of carbonyl (C=O) groups is 1. The first kappa shape index (κ1) is 14.7. The molecule has 5 N–H and O–H groups in total. The zero-order valence-electron chi connectivity index (χ0n) is 10.4. The van der Waals surface area contributed by atoms with Gasteiger partial charge in [-0.05, 0) is 25.7 Å². The molecule has 1 aliphatic rings. The van der Waals surface area contributed by atoms with Gasteiger partial charge in [0.25, 0.3) is 0 Å². The number of nitrogens with two attached hydrogens (primary N) is 1. The first-order chi connectivity index (χ1) is 8.63. The van der Waals surface area contributed by atoms with Crippen LogP contribution in [0.5, 0.6) is 0 Å². The molecule has 2 unspecified atom stereocenters. The van der Waals surface area contributed by atoms with Gasteiger partial charge in [-0.2, -0.15) is 0 Å². The van der Waals surface area contributed by atoms with Crippen molar-refractivity contribution in [1.29, 1.82) is 0 Å². The fourth-order valence-corrected chi connectivity index (χ4v) is 1.87. The Balaban J connectivity index is 2.37. The minimum atomic E-state index is -0.987. The molecule has 2 atom stereocenters. The van der Waals surface area contributed by atoms with Gasteiger partial charge in [-0.3, -0.25) is 20.5 Å². The van der Waals surface area contributed by atoms with Gasteiger partial charge in [-0.25, -0.2) is 0 Å². The second-order valence-corrected chi connectivity index (χ2v) is 4.47. The summed E-state index contributed by atoms with van der Waals surface area (Å²) in [7, 11) is 0. The number of hydroxylamine groups is 1. The molecular weight excluding hydrogens is 234 g/mol. The van der Waals surface area contributed by atoms with E-state index in [9.17, 15) is 4.79 Å². The molecule has 6 heteroatoms. The first-order valence-corrected chi connectivity index (χ1v) is 6.23. The summed E-state index contributed by atoms with van der Waals surface area (Å²) in [6.07, 6.45) is 8.65. The van der Waals surface area contributed by atoms with Crippen LogP contribution < -0.4 is 11.2 Å². The van der Waals surface area contributed by atoms with Gasteiger partial charge in [0.05, 0.1) is 6.04 Å². The van der Waals surface area contributed by atoms with Crippen LogP contribution in [0, 0.1) is 0 Å². The molecular formula is C12H21N3O3. The maximum atomic E-state index is 10.5. The molecule has 0 aliphatic carbocycles. The molecule has 6 nitrogen and oxygen atoms in total. The summed E-state index contributed by atoms with van der Waals surface area (Å²) in [5, 5.41) is 17.5. The van der Waals surface area contributed by atoms with Crippen molar-refractivity contribution in [2.75, 3.05) is 0 Å². The van der Waals surface area contributed by atoms with E-state index in [0.29, 0.717) is 12.3 Å². The number of aliphatic carboxylic acids is 1. The predicted octanol–water partition coefficient (Wildman–Crippen LogP) is 1.05.